The highest BCUT2D eigenvalue weighted by atomic mass is 79.9. The van der Waals surface area contributed by atoms with Gasteiger partial charge >= 0.3 is 0 Å². The molecule has 0 aliphatic rings. The fraction of sp³-hybridized carbons (Fsp3) is 0.231. The van der Waals surface area contributed by atoms with E-state index in [4.69, 9.17) is 5.84 Å². The number of hydrazine groups is 1. The maximum Gasteiger partial charge on any atom is 0.126 e. The molecule has 1 atom stereocenters. The Morgan fingerprint density at radius 1 is 1.22 bits per heavy atom. The van der Waals surface area contributed by atoms with Gasteiger partial charge in [-0.25, -0.2) is 4.39 Å². The third-order valence-electron chi connectivity index (χ3n) is 2.74. The zero-order valence-corrected chi connectivity index (χ0v) is 12.1. The molecule has 1 aromatic carbocycles. The van der Waals surface area contributed by atoms with Gasteiger partial charge in [-0.05, 0) is 52.5 Å². The van der Waals surface area contributed by atoms with Gasteiger partial charge in [-0.15, -0.1) is 11.3 Å². The van der Waals surface area contributed by atoms with Gasteiger partial charge in [0.05, 0.1) is 3.79 Å². The van der Waals surface area contributed by atoms with Gasteiger partial charge in [0.2, 0.25) is 0 Å². The molecule has 5 heteroatoms. The van der Waals surface area contributed by atoms with E-state index >= 15 is 0 Å². The number of hydrogen-bond acceptors (Lipinski definition) is 3. The number of halogens is 2. The van der Waals surface area contributed by atoms with Crippen LogP contribution in [-0.2, 0) is 12.8 Å². The largest absolute Gasteiger partial charge is 0.271 e. The minimum atomic E-state index is -0.176. The molecule has 2 aromatic rings. The van der Waals surface area contributed by atoms with E-state index in [0.29, 0.717) is 12.0 Å². The van der Waals surface area contributed by atoms with Crippen LogP contribution >= 0.6 is 27.3 Å². The van der Waals surface area contributed by atoms with E-state index in [9.17, 15) is 4.39 Å². The molecule has 0 spiro atoms. The summed E-state index contributed by atoms with van der Waals surface area (Å²) in [5.74, 6) is 5.37. The second-order valence-corrected chi connectivity index (χ2v) is 6.62. The topological polar surface area (TPSA) is 38.0 Å². The third-order valence-corrected chi connectivity index (χ3v) is 4.38. The van der Waals surface area contributed by atoms with Crippen molar-refractivity contribution in [3.8, 4) is 0 Å². The lowest BCUT2D eigenvalue weighted by Gasteiger charge is -2.15. The smallest absolute Gasteiger partial charge is 0.126 e. The molecule has 18 heavy (non-hydrogen) atoms. The van der Waals surface area contributed by atoms with E-state index in [-0.39, 0.29) is 11.9 Å². The highest BCUT2D eigenvalue weighted by molar-refractivity contribution is 9.11. The summed E-state index contributed by atoms with van der Waals surface area (Å²) >= 11 is 5.10. The second-order valence-electron chi connectivity index (χ2n) is 4.07. The van der Waals surface area contributed by atoms with E-state index in [2.05, 4.69) is 27.4 Å². The van der Waals surface area contributed by atoms with Crippen LogP contribution < -0.4 is 11.3 Å². The van der Waals surface area contributed by atoms with Crippen molar-refractivity contribution >= 4 is 27.3 Å². The van der Waals surface area contributed by atoms with Crippen LogP contribution in [-0.4, -0.2) is 6.04 Å². The molecule has 0 radical (unpaired) electrons. The Kier molecular flexibility index (Phi) is 4.88. The van der Waals surface area contributed by atoms with Crippen molar-refractivity contribution in [2.75, 3.05) is 0 Å². The molecule has 0 amide bonds. The summed E-state index contributed by atoms with van der Waals surface area (Å²) in [4.78, 5) is 1.22. The number of hydrogen-bond donors (Lipinski definition) is 2. The Morgan fingerprint density at radius 3 is 2.61 bits per heavy atom. The van der Waals surface area contributed by atoms with Crippen molar-refractivity contribution in [3.63, 3.8) is 0 Å². The Bertz CT molecular complexity index is 515. The fourth-order valence-electron chi connectivity index (χ4n) is 1.82. The molecule has 3 N–H and O–H groups in total. The Hall–Kier alpha value is -0.750. The second kappa shape index (κ2) is 6.43. The van der Waals surface area contributed by atoms with E-state index in [0.717, 1.165) is 10.2 Å². The van der Waals surface area contributed by atoms with Gasteiger partial charge in [0.15, 0.2) is 0 Å². The van der Waals surface area contributed by atoms with E-state index in [1.165, 1.54) is 10.9 Å². The molecule has 1 heterocycles. The van der Waals surface area contributed by atoms with Crippen molar-refractivity contribution in [1.29, 1.82) is 0 Å². The number of nitrogens with one attached hydrogen (secondary N) is 1. The quantitative estimate of drug-likeness (QED) is 0.653. The predicted molar refractivity (Wildman–Crippen MR) is 76.9 cm³/mol. The molecule has 0 fully saturated rings. The van der Waals surface area contributed by atoms with Gasteiger partial charge < -0.3 is 0 Å². The molecule has 1 aromatic heterocycles. The lowest BCUT2D eigenvalue weighted by molar-refractivity contribution is 0.509. The van der Waals surface area contributed by atoms with Crippen LogP contribution in [0.3, 0.4) is 0 Å². The Morgan fingerprint density at radius 2 is 2.00 bits per heavy atom. The molecule has 1 unspecified atom stereocenters. The van der Waals surface area contributed by atoms with E-state index in [1.807, 2.05) is 12.1 Å². The van der Waals surface area contributed by atoms with E-state index in [1.54, 1.807) is 23.5 Å². The molecular weight excluding hydrogens is 315 g/mol. The summed E-state index contributed by atoms with van der Waals surface area (Å²) in [6, 6.07) is 10.9. The summed E-state index contributed by atoms with van der Waals surface area (Å²) in [6.45, 7) is 0. The molecule has 96 valence electrons. The normalized spacial score (nSPS) is 12.6. The minimum absolute atomic E-state index is 0.0347. The fourth-order valence-corrected chi connectivity index (χ4v) is 3.39. The van der Waals surface area contributed by atoms with Crippen LogP contribution in [0, 0.1) is 5.82 Å². The first-order valence-electron chi connectivity index (χ1n) is 5.63. The monoisotopic (exact) mass is 328 g/mol. The first-order chi connectivity index (χ1) is 8.69. The zero-order chi connectivity index (χ0) is 13.0. The van der Waals surface area contributed by atoms with Crippen LogP contribution in [0.4, 0.5) is 4.39 Å². The first-order valence-corrected chi connectivity index (χ1v) is 7.23. The summed E-state index contributed by atoms with van der Waals surface area (Å²) in [5.41, 5.74) is 3.45. The summed E-state index contributed by atoms with van der Waals surface area (Å²) in [5, 5.41) is 0. The van der Waals surface area contributed by atoms with Gasteiger partial charge in [0.25, 0.3) is 0 Å². The van der Waals surface area contributed by atoms with Gasteiger partial charge in [-0.2, -0.15) is 0 Å². The molecule has 0 aliphatic heterocycles. The van der Waals surface area contributed by atoms with Crippen LogP contribution in [0.15, 0.2) is 40.2 Å². The SMILES string of the molecule is NNC(Cc1ccc(Br)s1)Cc1ccccc1F. The van der Waals surface area contributed by atoms with Crippen LogP contribution in [0.5, 0.6) is 0 Å². The predicted octanol–water partition coefficient (Wildman–Crippen LogP) is 3.27. The molecule has 0 saturated carbocycles. The number of benzene rings is 1. The molecule has 0 bridgehead atoms. The Labute approximate surface area is 118 Å². The van der Waals surface area contributed by atoms with Crippen LogP contribution in [0.2, 0.25) is 0 Å². The molecule has 0 saturated heterocycles. The number of nitrogens with two attached hydrogens (primary N) is 1. The number of rotatable bonds is 5. The van der Waals surface area contributed by atoms with Gasteiger partial charge in [-0.3, -0.25) is 11.3 Å². The van der Waals surface area contributed by atoms with Crippen LogP contribution in [0.25, 0.3) is 0 Å². The van der Waals surface area contributed by atoms with Gasteiger partial charge in [0, 0.05) is 10.9 Å². The van der Waals surface area contributed by atoms with Crippen molar-refractivity contribution in [3.05, 3.63) is 56.4 Å². The molecule has 0 aliphatic carbocycles. The standard InChI is InChI=1S/C13H14BrFN2S/c14-13-6-5-11(18-13)8-10(17-16)7-9-3-1-2-4-12(9)15/h1-6,10,17H,7-8,16H2. The third kappa shape index (κ3) is 3.62. The summed E-state index contributed by atoms with van der Waals surface area (Å²) < 4.78 is 14.7. The molecule has 2 nitrogen and oxygen atoms in total. The van der Waals surface area contributed by atoms with Gasteiger partial charge in [0.1, 0.15) is 5.82 Å². The maximum absolute atomic E-state index is 13.6. The highest BCUT2D eigenvalue weighted by Gasteiger charge is 2.12. The maximum atomic E-state index is 13.6. The minimum Gasteiger partial charge on any atom is -0.271 e. The van der Waals surface area contributed by atoms with Crippen molar-refractivity contribution in [2.24, 2.45) is 5.84 Å². The van der Waals surface area contributed by atoms with Crippen molar-refractivity contribution in [2.45, 2.75) is 18.9 Å². The summed E-state index contributed by atoms with van der Waals surface area (Å²) in [6.07, 6.45) is 1.37. The average molecular weight is 329 g/mol. The van der Waals surface area contributed by atoms with Crippen molar-refractivity contribution in [1.82, 2.24) is 5.43 Å². The first kappa shape index (κ1) is 13.7. The summed E-state index contributed by atoms with van der Waals surface area (Å²) in [7, 11) is 0. The van der Waals surface area contributed by atoms with Gasteiger partial charge in [-0.1, -0.05) is 18.2 Å². The molecular formula is C13H14BrFN2S. The zero-order valence-electron chi connectivity index (χ0n) is 9.70. The van der Waals surface area contributed by atoms with Crippen molar-refractivity contribution < 1.29 is 4.39 Å². The Balaban J connectivity index is 2.04. The lowest BCUT2D eigenvalue weighted by atomic mass is 10.0. The highest BCUT2D eigenvalue weighted by Crippen LogP contribution is 2.23. The van der Waals surface area contributed by atoms with E-state index < -0.39 is 0 Å². The molecule has 2 rings (SSSR count). The number of thiophene rings is 1. The average Bonchev–Trinajstić information content (AvgIpc) is 2.76. The lowest BCUT2D eigenvalue weighted by Crippen LogP contribution is -2.38. The van der Waals surface area contributed by atoms with Crippen LogP contribution in [0.1, 0.15) is 10.4 Å².